The van der Waals surface area contributed by atoms with Gasteiger partial charge in [-0.1, -0.05) is 36.4 Å². The first-order valence-corrected chi connectivity index (χ1v) is 6.72. The maximum Gasteiger partial charge on any atom is 0.0445 e. The maximum absolute atomic E-state index is 2.47. The number of aryl methyl sites for hydroxylation is 2. The third-order valence-electron chi connectivity index (χ3n) is 3.68. The van der Waals surface area contributed by atoms with Crippen LogP contribution in [0.15, 0.2) is 48.5 Å². The van der Waals surface area contributed by atoms with Crippen molar-refractivity contribution in [2.75, 3.05) is 4.90 Å². The van der Waals surface area contributed by atoms with Crippen molar-refractivity contribution < 1.29 is 0 Å². The van der Waals surface area contributed by atoms with Gasteiger partial charge in [0, 0.05) is 17.4 Å². The van der Waals surface area contributed by atoms with Crippen LogP contribution in [0.3, 0.4) is 0 Å². The Morgan fingerprint density at radius 3 is 1.67 bits per heavy atom. The smallest absolute Gasteiger partial charge is 0.0445 e. The summed E-state index contributed by atoms with van der Waals surface area (Å²) in [4.78, 5) is 2.47. The highest BCUT2D eigenvalue weighted by Gasteiger charge is 2.21. The Kier molecular flexibility index (Phi) is 2.83. The van der Waals surface area contributed by atoms with Crippen LogP contribution >= 0.6 is 0 Å². The highest BCUT2D eigenvalue weighted by molar-refractivity contribution is 5.71. The molecule has 0 bridgehead atoms. The molecule has 0 N–H and O–H groups in total. The molecule has 0 saturated carbocycles. The molecule has 0 radical (unpaired) electrons. The van der Waals surface area contributed by atoms with Crippen LogP contribution in [0.5, 0.6) is 0 Å². The Morgan fingerprint density at radius 1 is 0.778 bits per heavy atom. The van der Waals surface area contributed by atoms with E-state index in [4.69, 9.17) is 0 Å². The van der Waals surface area contributed by atoms with Crippen LogP contribution in [-0.2, 0) is 12.8 Å². The van der Waals surface area contributed by atoms with Gasteiger partial charge < -0.3 is 4.90 Å². The van der Waals surface area contributed by atoms with Gasteiger partial charge in [-0.05, 0) is 49.9 Å². The summed E-state index contributed by atoms with van der Waals surface area (Å²) in [6.45, 7) is 4.53. The molecule has 1 aliphatic heterocycles. The molecule has 1 heterocycles. The summed E-state index contributed by atoms with van der Waals surface area (Å²) < 4.78 is 0. The van der Waals surface area contributed by atoms with Gasteiger partial charge in [0.1, 0.15) is 0 Å². The maximum atomic E-state index is 2.47. The van der Waals surface area contributed by atoms with E-state index in [-0.39, 0.29) is 0 Å². The fourth-order valence-corrected chi connectivity index (χ4v) is 2.87. The van der Waals surface area contributed by atoms with Crippen LogP contribution in [-0.4, -0.2) is 6.04 Å². The van der Waals surface area contributed by atoms with Crippen LogP contribution in [0.4, 0.5) is 11.4 Å². The summed E-state index contributed by atoms with van der Waals surface area (Å²) in [6, 6.07) is 18.1. The van der Waals surface area contributed by atoms with Gasteiger partial charge >= 0.3 is 0 Å². The van der Waals surface area contributed by atoms with Crippen molar-refractivity contribution in [2.45, 2.75) is 32.7 Å². The monoisotopic (exact) mass is 237 g/mol. The molecule has 1 nitrogen and oxygen atoms in total. The Bertz CT molecular complexity index is 510. The van der Waals surface area contributed by atoms with Gasteiger partial charge in [-0.25, -0.2) is 0 Å². The molecule has 1 heteroatoms. The third kappa shape index (κ3) is 1.80. The van der Waals surface area contributed by atoms with Gasteiger partial charge in [0.2, 0.25) is 0 Å². The van der Waals surface area contributed by atoms with Crippen molar-refractivity contribution in [1.82, 2.24) is 0 Å². The minimum Gasteiger partial charge on any atom is -0.338 e. The first-order valence-electron chi connectivity index (χ1n) is 6.72. The van der Waals surface area contributed by atoms with Crippen molar-refractivity contribution in [3.05, 3.63) is 59.7 Å². The molecule has 0 aromatic heterocycles. The van der Waals surface area contributed by atoms with E-state index in [9.17, 15) is 0 Å². The summed E-state index contributed by atoms with van der Waals surface area (Å²) in [5, 5.41) is 0. The summed E-state index contributed by atoms with van der Waals surface area (Å²) in [5.74, 6) is 0. The molecule has 0 atom stereocenters. The highest BCUT2D eigenvalue weighted by atomic mass is 15.2. The van der Waals surface area contributed by atoms with Crippen LogP contribution in [0, 0.1) is 0 Å². The summed E-state index contributed by atoms with van der Waals surface area (Å²) in [5.41, 5.74) is 5.67. The van der Waals surface area contributed by atoms with Crippen LogP contribution in [0.2, 0.25) is 0 Å². The molecule has 0 aliphatic carbocycles. The Labute approximate surface area is 109 Å². The zero-order valence-electron chi connectivity index (χ0n) is 11.1. The lowest BCUT2D eigenvalue weighted by atomic mass is 10.0. The Morgan fingerprint density at radius 2 is 1.22 bits per heavy atom. The Hall–Kier alpha value is -1.76. The van der Waals surface area contributed by atoms with Gasteiger partial charge in [-0.15, -0.1) is 0 Å². The van der Waals surface area contributed by atoms with Crippen molar-refractivity contribution >= 4 is 11.4 Å². The van der Waals surface area contributed by atoms with E-state index in [1.807, 2.05) is 0 Å². The third-order valence-corrected chi connectivity index (χ3v) is 3.68. The molecule has 18 heavy (non-hydrogen) atoms. The van der Waals surface area contributed by atoms with Crippen LogP contribution < -0.4 is 4.90 Å². The van der Waals surface area contributed by atoms with E-state index in [2.05, 4.69) is 67.3 Å². The van der Waals surface area contributed by atoms with E-state index in [1.54, 1.807) is 0 Å². The molecule has 0 unspecified atom stereocenters. The lowest BCUT2D eigenvalue weighted by Gasteiger charge is -2.30. The fourth-order valence-electron chi connectivity index (χ4n) is 2.87. The molecular weight excluding hydrogens is 218 g/mol. The second-order valence-corrected chi connectivity index (χ2v) is 5.22. The number of nitrogens with zero attached hydrogens (tertiary/aromatic N) is 1. The van der Waals surface area contributed by atoms with E-state index >= 15 is 0 Å². The molecule has 0 fully saturated rings. The molecular formula is C17H19N. The highest BCUT2D eigenvalue weighted by Crippen LogP contribution is 2.37. The van der Waals surface area contributed by atoms with E-state index < -0.39 is 0 Å². The van der Waals surface area contributed by atoms with Crippen molar-refractivity contribution in [1.29, 1.82) is 0 Å². The fraction of sp³-hybridized carbons (Fsp3) is 0.294. The van der Waals surface area contributed by atoms with E-state index in [0.29, 0.717) is 6.04 Å². The van der Waals surface area contributed by atoms with Gasteiger partial charge in [-0.2, -0.15) is 0 Å². The number of benzene rings is 2. The van der Waals surface area contributed by atoms with E-state index in [0.717, 1.165) is 12.8 Å². The second kappa shape index (κ2) is 4.49. The van der Waals surface area contributed by atoms with Gasteiger partial charge in [0.25, 0.3) is 0 Å². The normalized spacial score (nSPS) is 14.1. The standard InChI is InChI=1S/C17H19N/c1-13(2)18-16-9-5-3-7-14(16)11-12-15-8-4-6-10-17(15)18/h3-10,13H,11-12H2,1-2H3. The lowest BCUT2D eigenvalue weighted by Crippen LogP contribution is -2.26. The minimum atomic E-state index is 0.477. The predicted molar refractivity (Wildman–Crippen MR) is 77.6 cm³/mol. The quantitative estimate of drug-likeness (QED) is 0.713. The average Bonchev–Trinajstić information content (AvgIpc) is 2.55. The number of hydrogen-bond donors (Lipinski definition) is 0. The predicted octanol–water partition coefficient (Wildman–Crippen LogP) is 4.33. The van der Waals surface area contributed by atoms with Gasteiger partial charge in [0.05, 0.1) is 0 Å². The molecule has 2 aromatic rings. The summed E-state index contributed by atoms with van der Waals surface area (Å²) in [6.07, 6.45) is 2.27. The number of anilines is 2. The topological polar surface area (TPSA) is 3.24 Å². The van der Waals surface area contributed by atoms with Crippen LogP contribution in [0.25, 0.3) is 0 Å². The van der Waals surface area contributed by atoms with Gasteiger partial charge in [-0.3, -0.25) is 0 Å². The van der Waals surface area contributed by atoms with E-state index in [1.165, 1.54) is 22.5 Å². The molecule has 0 saturated heterocycles. The second-order valence-electron chi connectivity index (χ2n) is 5.22. The SMILES string of the molecule is CC(C)N1c2ccccc2CCc2ccccc21. The number of fused-ring (bicyclic) bond motifs is 2. The number of rotatable bonds is 1. The summed E-state index contributed by atoms with van der Waals surface area (Å²) in [7, 11) is 0. The first-order chi connectivity index (χ1) is 8.77. The molecule has 92 valence electrons. The largest absolute Gasteiger partial charge is 0.338 e. The van der Waals surface area contributed by atoms with Crippen LogP contribution in [0.1, 0.15) is 25.0 Å². The zero-order valence-corrected chi connectivity index (χ0v) is 11.1. The molecule has 1 aliphatic rings. The molecule has 0 spiro atoms. The number of hydrogen-bond acceptors (Lipinski definition) is 1. The van der Waals surface area contributed by atoms with Crippen molar-refractivity contribution in [3.63, 3.8) is 0 Å². The first kappa shape index (κ1) is 11.3. The lowest BCUT2D eigenvalue weighted by molar-refractivity contribution is 0.787. The van der Waals surface area contributed by atoms with Crippen molar-refractivity contribution in [3.8, 4) is 0 Å². The number of para-hydroxylation sites is 2. The molecule has 0 amide bonds. The summed E-state index contributed by atoms with van der Waals surface area (Å²) >= 11 is 0. The van der Waals surface area contributed by atoms with Crippen molar-refractivity contribution in [2.24, 2.45) is 0 Å². The average molecular weight is 237 g/mol. The van der Waals surface area contributed by atoms with Gasteiger partial charge in [0.15, 0.2) is 0 Å². The zero-order chi connectivity index (χ0) is 12.5. The Balaban J connectivity index is 2.21. The molecule has 3 rings (SSSR count). The minimum absolute atomic E-state index is 0.477. The molecule has 2 aromatic carbocycles.